The molecule has 2 fully saturated rings. The van der Waals surface area contributed by atoms with Gasteiger partial charge in [0.2, 0.25) is 0 Å². The van der Waals surface area contributed by atoms with E-state index in [0.717, 1.165) is 28.4 Å². The van der Waals surface area contributed by atoms with E-state index in [1.807, 2.05) is 18.3 Å². The van der Waals surface area contributed by atoms with Crippen LogP contribution in [0, 0.1) is 5.92 Å². The molecule has 2 aliphatic rings. The Labute approximate surface area is 143 Å². The Hall–Kier alpha value is -1.16. The first-order valence-electron chi connectivity index (χ1n) is 8.77. The molecule has 1 aromatic carbocycles. The molecule has 4 heteroatoms. The number of hydrogen-bond donors (Lipinski definition) is 1. The lowest BCUT2D eigenvalue weighted by Gasteiger charge is -2.32. The molecule has 4 rings (SSSR count). The lowest BCUT2D eigenvalue weighted by molar-refractivity contribution is 0.190. The summed E-state index contributed by atoms with van der Waals surface area (Å²) in [6, 6.07) is 8.86. The molecule has 0 radical (unpaired) electrons. The van der Waals surface area contributed by atoms with Crippen LogP contribution in [0.2, 0.25) is 5.02 Å². The minimum absolute atomic E-state index is 0.715. The van der Waals surface area contributed by atoms with Crippen molar-refractivity contribution in [1.82, 2.24) is 15.2 Å². The van der Waals surface area contributed by atoms with Crippen molar-refractivity contribution in [3.63, 3.8) is 0 Å². The number of likely N-dealkylation sites (tertiary alicyclic amines) is 1. The van der Waals surface area contributed by atoms with Gasteiger partial charge in [0.15, 0.2) is 0 Å². The van der Waals surface area contributed by atoms with Gasteiger partial charge in [0, 0.05) is 29.2 Å². The molecule has 1 aromatic heterocycles. The molecular weight excluding hydrogens is 306 g/mol. The number of halogens is 1. The monoisotopic (exact) mass is 329 g/mol. The topological polar surface area (TPSA) is 28.2 Å². The van der Waals surface area contributed by atoms with Crippen LogP contribution in [0.15, 0.2) is 30.5 Å². The van der Waals surface area contributed by atoms with Crippen LogP contribution in [0.25, 0.3) is 10.9 Å². The van der Waals surface area contributed by atoms with Gasteiger partial charge in [-0.1, -0.05) is 17.7 Å². The summed E-state index contributed by atoms with van der Waals surface area (Å²) < 4.78 is 0. The summed E-state index contributed by atoms with van der Waals surface area (Å²) in [6.07, 6.45) is 7.23. The normalized spacial score (nSPS) is 20.2. The Balaban J connectivity index is 1.38. The zero-order chi connectivity index (χ0) is 15.6. The third kappa shape index (κ3) is 3.68. The zero-order valence-corrected chi connectivity index (χ0v) is 14.2. The van der Waals surface area contributed by atoms with Gasteiger partial charge in [-0.15, -0.1) is 0 Å². The van der Waals surface area contributed by atoms with Crippen molar-refractivity contribution in [2.75, 3.05) is 19.6 Å². The Morgan fingerprint density at radius 3 is 2.74 bits per heavy atom. The standard InChI is InChI=1S/C19H24ClN3/c20-18-6-5-15(19-17(18)2-1-9-21-19)13-23-10-7-16(8-11-23)22-12-14-3-4-14/h1-2,5-6,9,14,16,22H,3-4,7-8,10-13H2. The summed E-state index contributed by atoms with van der Waals surface area (Å²) in [7, 11) is 0. The van der Waals surface area contributed by atoms with E-state index in [1.54, 1.807) is 0 Å². The van der Waals surface area contributed by atoms with Crippen LogP contribution in [0.4, 0.5) is 0 Å². The van der Waals surface area contributed by atoms with Crippen molar-refractivity contribution >= 4 is 22.5 Å². The second kappa shape index (κ2) is 6.76. The van der Waals surface area contributed by atoms with E-state index in [0.29, 0.717) is 6.04 Å². The highest BCUT2D eigenvalue weighted by molar-refractivity contribution is 6.35. The molecule has 0 amide bonds. The summed E-state index contributed by atoms with van der Waals surface area (Å²) >= 11 is 6.29. The maximum Gasteiger partial charge on any atom is 0.0761 e. The molecule has 1 saturated heterocycles. The van der Waals surface area contributed by atoms with Gasteiger partial charge < -0.3 is 5.32 Å². The predicted octanol–water partition coefficient (Wildman–Crippen LogP) is 3.85. The maximum atomic E-state index is 6.29. The first kappa shape index (κ1) is 15.4. The van der Waals surface area contributed by atoms with Crippen molar-refractivity contribution < 1.29 is 0 Å². The minimum Gasteiger partial charge on any atom is -0.314 e. The van der Waals surface area contributed by atoms with E-state index in [1.165, 1.54) is 50.9 Å². The lowest BCUT2D eigenvalue weighted by Crippen LogP contribution is -2.42. The summed E-state index contributed by atoms with van der Waals surface area (Å²) in [4.78, 5) is 7.10. The number of rotatable bonds is 5. The van der Waals surface area contributed by atoms with E-state index in [4.69, 9.17) is 11.6 Å². The highest BCUT2D eigenvalue weighted by Crippen LogP contribution is 2.29. The number of nitrogens with one attached hydrogen (secondary N) is 1. The first-order chi connectivity index (χ1) is 11.3. The minimum atomic E-state index is 0.715. The van der Waals surface area contributed by atoms with Gasteiger partial charge in [0.25, 0.3) is 0 Å². The second-order valence-corrected chi connectivity index (χ2v) is 7.42. The van der Waals surface area contributed by atoms with E-state index >= 15 is 0 Å². The second-order valence-electron chi connectivity index (χ2n) is 7.01. The first-order valence-corrected chi connectivity index (χ1v) is 9.15. The Morgan fingerprint density at radius 1 is 1.13 bits per heavy atom. The largest absolute Gasteiger partial charge is 0.314 e. The van der Waals surface area contributed by atoms with Crippen molar-refractivity contribution in [3.8, 4) is 0 Å². The van der Waals surface area contributed by atoms with Crippen LogP contribution in [0.3, 0.4) is 0 Å². The van der Waals surface area contributed by atoms with E-state index in [9.17, 15) is 0 Å². The zero-order valence-electron chi connectivity index (χ0n) is 13.5. The molecule has 23 heavy (non-hydrogen) atoms. The number of hydrogen-bond acceptors (Lipinski definition) is 3. The molecule has 1 N–H and O–H groups in total. The molecule has 1 saturated carbocycles. The third-order valence-electron chi connectivity index (χ3n) is 5.17. The van der Waals surface area contributed by atoms with Crippen LogP contribution < -0.4 is 5.32 Å². The Morgan fingerprint density at radius 2 is 1.96 bits per heavy atom. The van der Waals surface area contributed by atoms with Gasteiger partial charge in [-0.2, -0.15) is 0 Å². The maximum absolute atomic E-state index is 6.29. The van der Waals surface area contributed by atoms with Gasteiger partial charge in [0.05, 0.1) is 5.52 Å². The smallest absolute Gasteiger partial charge is 0.0761 e. The summed E-state index contributed by atoms with van der Waals surface area (Å²) in [5.41, 5.74) is 2.34. The van der Waals surface area contributed by atoms with Crippen LogP contribution in [-0.2, 0) is 6.54 Å². The number of piperidine rings is 1. The molecule has 3 nitrogen and oxygen atoms in total. The molecule has 0 atom stereocenters. The van der Waals surface area contributed by atoms with Gasteiger partial charge in [-0.05, 0) is 75.0 Å². The third-order valence-corrected chi connectivity index (χ3v) is 5.50. The Bertz CT molecular complexity index is 675. The molecule has 2 aromatic rings. The van der Waals surface area contributed by atoms with E-state index in [-0.39, 0.29) is 0 Å². The predicted molar refractivity (Wildman–Crippen MR) is 95.8 cm³/mol. The molecule has 0 spiro atoms. The number of nitrogens with zero attached hydrogens (tertiary/aromatic N) is 2. The quantitative estimate of drug-likeness (QED) is 0.903. The summed E-state index contributed by atoms with van der Waals surface area (Å²) in [5, 5.41) is 5.60. The molecule has 1 aliphatic heterocycles. The SMILES string of the molecule is Clc1ccc(CN2CCC(NCC3CC3)CC2)c2ncccc12. The van der Waals surface area contributed by atoms with E-state index in [2.05, 4.69) is 27.3 Å². The average Bonchev–Trinajstić information content (AvgIpc) is 3.41. The van der Waals surface area contributed by atoms with Crippen LogP contribution in [0.1, 0.15) is 31.2 Å². The summed E-state index contributed by atoms with van der Waals surface area (Å²) in [6.45, 7) is 4.54. The van der Waals surface area contributed by atoms with Crippen molar-refractivity contribution in [2.24, 2.45) is 5.92 Å². The molecule has 122 valence electrons. The van der Waals surface area contributed by atoms with Crippen LogP contribution in [0.5, 0.6) is 0 Å². The van der Waals surface area contributed by atoms with Gasteiger partial charge in [0.1, 0.15) is 0 Å². The van der Waals surface area contributed by atoms with E-state index < -0.39 is 0 Å². The number of fused-ring (bicyclic) bond motifs is 1. The number of pyridine rings is 1. The highest BCUT2D eigenvalue weighted by atomic mass is 35.5. The fraction of sp³-hybridized carbons (Fsp3) is 0.526. The molecule has 0 unspecified atom stereocenters. The van der Waals surface area contributed by atoms with Crippen LogP contribution in [-0.4, -0.2) is 35.6 Å². The Kier molecular flexibility index (Phi) is 4.52. The number of benzene rings is 1. The van der Waals surface area contributed by atoms with Crippen LogP contribution >= 0.6 is 11.6 Å². The lowest BCUT2D eigenvalue weighted by atomic mass is 10.0. The molecule has 0 bridgehead atoms. The highest BCUT2D eigenvalue weighted by Gasteiger charge is 2.24. The fourth-order valence-corrected chi connectivity index (χ4v) is 3.73. The summed E-state index contributed by atoms with van der Waals surface area (Å²) in [5.74, 6) is 0.972. The van der Waals surface area contributed by atoms with Gasteiger partial charge in [-0.3, -0.25) is 9.88 Å². The van der Waals surface area contributed by atoms with Crippen molar-refractivity contribution in [3.05, 3.63) is 41.0 Å². The van der Waals surface area contributed by atoms with Gasteiger partial charge >= 0.3 is 0 Å². The fourth-order valence-electron chi connectivity index (χ4n) is 3.52. The molecular formula is C19H24ClN3. The average molecular weight is 330 g/mol. The molecule has 1 aliphatic carbocycles. The number of aromatic nitrogens is 1. The van der Waals surface area contributed by atoms with Crippen molar-refractivity contribution in [1.29, 1.82) is 0 Å². The van der Waals surface area contributed by atoms with Gasteiger partial charge in [-0.25, -0.2) is 0 Å². The van der Waals surface area contributed by atoms with Crippen molar-refractivity contribution in [2.45, 2.75) is 38.3 Å². The molecule has 2 heterocycles.